The van der Waals surface area contributed by atoms with E-state index in [2.05, 4.69) is 49.7 Å². The minimum absolute atomic E-state index is 0.168. The van der Waals surface area contributed by atoms with Crippen molar-refractivity contribution >= 4 is 11.9 Å². The fourth-order valence-electron chi connectivity index (χ4n) is 3.93. The number of hydrogen-bond acceptors (Lipinski definition) is 3. The van der Waals surface area contributed by atoms with E-state index >= 15 is 0 Å². The molecule has 0 heterocycles. The Morgan fingerprint density at radius 1 is 0.600 bits per heavy atom. The second-order valence-electron chi connectivity index (χ2n) is 10.3. The Balaban J connectivity index is 0. The first-order valence-electron chi connectivity index (χ1n) is 16.2. The van der Waals surface area contributed by atoms with Gasteiger partial charge in [-0.05, 0) is 50.7 Å². The maximum atomic E-state index is 10.5. The number of esters is 1. The molecule has 0 aliphatic heterocycles. The standard InChI is InChI=1S/2C18H30O2/c1-3-4-5-6-7-8-9-10-11-12-13-14-15-16-17-20-18(2)19;1-2-3-4-5-6-7-8-9-10-11-12-13-14-15-16-17-18(19)20/h4-5H,3,8-17H2,1-2H3;3-4H,2,7-17H2,1H3,(H,19,20)/b5-4-;4-3-. The molecule has 0 spiro atoms. The SMILES string of the molecule is CC/C=C\C#CCCCCCCCCCCCC(=O)O.CC/C=C\C#CCCCCCCCCCCOC(C)=O. The highest BCUT2D eigenvalue weighted by Crippen LogP contribution is 2.11. The van der Waals surface area contributed by atoms with E-state index in [1.54, 1.807) is 0 Å². The van der Waals surface area contributed by atoms with Crippen molar-refractivity contribution in [1.82, 2.24) is 0 Å². The first-order valence-corrected chi connectivity index (χ1v) is 16.2. The molecule has 0 aromatic heterocycles. The van der Waals surface area contributed by atoms with Crippen LogP contribution in [0.1, 0.15) is 162 Å². The maximum absolute atomic E-state index is 10.5. The van der Waals surface area contributed by atoms with Crippen LogP contribution in [0.5, 0.6) is 0 Å². The van der Waals surface area contributed by atoms with E-state index in [9.17, 15) is 9.59 Å². The molecule has 0 rings (SSSR count). The lowest BCUT2D eigenvalue weighted by molar-refractivity contribution is -0.141. The number of allylic oxidation sites excluding steroid dienone is 4. The number of carbonyl (C=O) groups is 2. The maximum Gasteiger partial charge on any atom is 0.303 e. The van der Waals surface area contributed by atoms with Crippen molar-refractivity contribution in [2.24, 2.45) is 0 Å². The third-order valence-electron chi connectivity index (χ3n) is 6.27. The largest absolute Gasteiger partial charge is 0.481 e. The number of carboxylic acids is 1. The highest BCUT2D eigenvalue weighted by atomic mass is 16.5. The molecule has 0 aromatic rings. The summed E-state index contributed by atoms with van der Waals surface area (Å²) in [5.74, 6) is 11.6. The van der Waals surface area contributed by atoms with Gasteiger partial charge in [0.25, 0.3) is 0 Å². The van der Waals surface area contributed by atoms with Crippen LogP contribution in [0.25, 0.3) is 0 Å². The van der Waals surface area contributed by atoms with Crippen LogP contribution in [-0.4, -0.2) is 23.7 Å². The topological polar surface area (TPSA) is 63.6 Å². The van der Waals surface area contributed by atoms with E-state index in [4.69, 9.17) is 9.84 Å². The van der Waals surface area contributed by atoms with E-state index in [0.717, 1.165) is 44.9 Å². The van der Waals surface area contributed by atoms with Crippen molar-refractivity contribution < 1.29 is 19.4 Å². The zero-order chi connectivity index (χ0) is 29.8. The predicted molar refractivity (Wildman–Crippen MR) is 171 cm³/mol. The molecule has 0 aliphatic rings. The quantitative estimate of drug-likeness (QED) is 0.0772. The molecule has 0 aliphatic carbocycles. The molecule has 4 nitrogen and oxygen atoms in total. The third-order valence-corrected chi connectivity index (χ3v) is 6.27. The van der Waals surface area contributed by atoms with Crippen LogP contribution in [0.2, 0.25) is 0 Å². The second kappa shape index (κ2) is 36.5. The molecule has 0 aromatic carbocycles. The van der Waals surface area contributed by atoms with Crippen LogP contribution in [0, 0.1) is 23.7 Å². The number of hydrogen-bond donors (Lipinski definition) is 1. The van der Waals surface area contributed by atoms with Crippen LogP contribution in [0.4, 0.5) is 0 Å². The Morgan fingerprint density at radius 3 is 1.35 bits per heavy atom. The van der Waals surface area contributed by atoms with Gasteiger partial charge in [0.05, 0.1) is 6.61 Å². The van der Waals surface area contributed by atoms with Gasteiger partial charge in [-0.1, -0.05) is 133 Å². The van der Waals surface area contributed by atoms with Crippen molar-refractivity contribution in [2.45, 2.75) is 162 Å². The predicted octanol–water partition coefficient (Wildman–Crippen LogP) is 10.4. The van der Waals surface area contributed by atoms with Crippen LogP contribution in [0.15, 0.2) is 24.3 Å². The number of carboxylic acid groups (broad SMARTS) is 1. The van der Waals surface area contributed by atoms with Gasteiger partial charge >= 0.3 is 11.9 Å². The summed E-state index contributed by atoms with van der Waals surface area (Å²) in [6.45, 7) is 6.28. The van der Waals surface area contributed by atoms with Gasteiger partial charge in [-0.25, -0.2) is 0 Å². The minimum atomic E-state index is -0.668. The smallest absolute Gasteiger partial charge is 0.303 e. The average Bonchev–Trinajstić information content (AvgIpc) is 2.93. The Bertz CT molecular complexity index is 678. The Labute approximate surface area is 247 Å². The Morgan fingerprint density at radius 2 is 0.975 bits per heavy atom. The van der Waals surface area contributed by atoms with Gasteiger partial charge in [-0.3, -0.25) is 9.59 Å². The van der Waals surface area contributed by atoms with Gasteiger partial charge in [-0.15, -0.1) is 0 Å². The van der Waals surface area contributed by atoms with Gasteiger partial charge in [0.15, 0.2) is 0 Å². The Hall–Kier alpha value is -2.46. The van der Waals surface area contributed by atoms with Crippen molar-refractivity contribution in [3.63, 3.8) is 0 Å². The summed E-state index contributed by atoms with van der Waals surface area (Å²) in [6.07, 6.45) is 33.2. The van der Waals surface area contributed by atoms with Crippen LogP contribution in [0.3, 0.4) is 0 Å². The lowest BCUT2D eigenvalue weighted by Crippen LogP contribution is -2.00. The normalized spacial score (nSPS) is 10.4. The van der Waals surface area contributed by atoms with Crippen molar-refractivity contribution in [1.29, 1.82) is 0 Å². The number of aliphatic carboxylic acids is 1. The zero-order valence-electron chi connectivity index (χ0n) is 26.2. The number of carbonyl (C=O) groups excluding carboxylic acids is 1. The minimum Gasteiger partial charge on any atom is -0.481 e. The molecule has 0 atom stereocenters. The summed E-state index contributed by atoms with van der Waals surface area (Å²) >= 11 is 0. The summed E-state index contributed by atoms with van der Waals surface area (Å²) in [5, 5.41) is 8.50. The monoisotopic (exact) mass is 556 g/mol. The first-order chi connectivity index (χ1) is 19.5. The van der Waals surface area contributed by atoms with E-state index in [1.807, 2.05) is 12.2 Å². The van der Waals surface area contributed by atoms with Crippen LogP contribution >= 0.6 is 0 Å². The summed E-state index contributed by atoms with van der Waals surface area (Å²) < 4.78 is 4.89. The van der Waals surface area contributed by atoms with Crippen LogP contribution < -0.4 is 0 Å². The zero-order valence-corrected chi connectivity index (χ0v) is 26.2. The molecule has 0 saturated carbocycles. The molecule has 0 unspecified atom stereocenters. The second-order valence-corrected chi connectivity index (χ2v) is 10.3. The molecule has 40 heavy (non-hydrogen) atoms. The molecule has 228 valence electrons. The highest BCUT2D eigenvalue weighted by molar-refractivity contribution is 5.66. The molecule has 0 amide bonds. The van der Waals surface area contributed by atoms with Gasteiger partial charge in [-0.2, -0.15) is 0 Å². The highest BCUT2D eigenvalue weighted by Gasteiger charge is 1.97. The van der Waals surface area contributed by atoms with Crippen LogP contribution in [-0.2, 0) is 14.3 Å². The summed E-state index contributed by atoms with van der Waals surface area (Å²) in [5.41, 5.74) is 0. The van der Waals surface area contributed by atoms with Gasteiger partial charge in [0.1, 0.15) is 0 Å². The summed E-state index contributed by atoms with van der Waals surface area (Å²) in [6, 6.07) is 0. The van der Waals surface area contributed by atoms with E-state index in [1.165, 1.54) is 96.8 Å². The Kier molecular flexibility index (Phi) is 36.2. The third kappa shape index (κ3) is 42.6. The summed E-state index contributed by atoms with van der Waals surface area (Å²) in [7, 11) is 0. The molecule has 0 bridgehead atoms. The van der Waals surface area contributed by atoms with E-state index in [-0.39, 0.29) is 5.97 Å². The van der Waals surface area contributed by atoms with Crippen molar-refractivity contribution in [3.8, 4) is 23.7 Å². The summed E-state index contributed by atoms with van der Waals surface area (Å²) in [4.78, 5) is 20.9. The fourth-order valence-corrected chi connectivity index (χ4v) is 3.93. The van der Waals surface area contributed by atoms with Gasteiger partial charge in [0.2, 0.25) is 0 Å². The van der Waals surface area contributed by atoms with Gasteiger partial charge in [0, 0.05) is 26.2 Å². The average molecular weight is 557 g/mol. The number of rotatable bonds is 23. The molecule has 0 saturated heterocycles. The van der Waals surface area contributed by atoms with E-state index in [0.29, 0.717) is 13.0 Å². The molecule has 0 radical (unpaired) electrons. The van der Waals surface area contributed by atoms with E-state index < -0.39 is 5.97 Å². The van der Waals surface area contributed by atoms with Crippen molar-refractivity contribution in [2.75, 3.05) is 6.61 Å². The fraction of sp³-hybridized carbons (Fsp3) is 0.722. The molecule has 0 fully saturated rings. The van der Waals surface area contributed by atoms with Gasteiger partial charge < -0.3 is 9.84 Å². The van der Waals surface area contributed by atoms with Crippen molar-refractivity contribution in [3.05, 3.63) is 24.3 Å². The lowest BCUT2D eigenvalue weighted by atomic mass is 10.1. The molecular weight excluding hydrogens is 496 g/mol. The molecule has 4 heteroatoms. The lowest BCUT2D eigenvalue weighted by Gasteiger charge is -2.02. The number of unbranched alkanes of at least 4 members (excludes halogenated alkanes) is 17. The first kappa shape index (κ1) is 39.7. The molecular formula is C36H60O4. The number of ether oxygens (including phenoxy) is 1. The molecule has 1 N–H and O–H groups in total.